The third-order valence-electron chi connectivity index (χ3n) is 3.53. The second-order valence-electron chi connectivity index (χ2n) is 4.67. The first-order valence-electron chi connectivity index (χ1n) is 6.20. The molecule has 2 aliphatic rings. The zero-order valence-corrected chi connectivity index (χ0v) is 11.1. The minimum absolute atomic E-state index is 0.513. The van der Waals surface area contributed by atoms with Crippen molar-refractivity contribution in [3.63, 3.8) is 0 Å². The molecule has 2 fully saturated rings. The molecule has 3 rings (SSSR count). The van der Waals surface area contributed by atoms with Crippen LogP contribution in [0.5, 0.6) is 0 Å². The van der Waals surface area contributed by atoms with Crippen LogP contribution in [0.25, 0.3) is 0 Å². The van der Waals surface area contributed by atoms with E-state index in [4.69, 9.17) is 4.98 Å². The Kier molecular flexibility index (Phi) is 3.50. The molecule has 1 aromatic heterocycles. The van der Waals surface area contributed by atoms with Gasteiger partial charge in [0.15, 0.2) is 0 Å². The van der Waals surface area contributed by atoms with Crippen LogP contribution in [-0.2, 0) is 0 Å². The van der Waals surface area contributed by atoms with Crippen molar-refractivity contribution in [2.24, 2.45) is 0 Å². The topological polar surface area (TPSA) is 24.9 Å². The highest BCUT2D eigenvalue weighted by atomic mass is 32.2. The zero-order valence-electron chi connectivity index (χ0n) is 9.45. The number of rotatable bonds is 2. The van der Waals surface area contributed by atoms with Crippen molar-refractivity contribution in [2.45, 2.75) is 37.6 Å². The van der Waals surface area contributed by atoms with Gasteiger partial charge in [-0.2, -0.15) is 11.8 Å². The zero-order chi connectivity index (χ0) is 10.8. The molecule has 88 valence electrons. The Morgan fingerprint density at radius 1 is 1.31 bits per heavy atom. The van der Waals surface area contributed by atoms with Crippen LogP contribution in [-0.4, -0.2) is 23.0 Å². The van der Waals surface area contributed by atoms with Gasteiger partial charge < -0.3 is 5.32 Å². The summed E-state index contributed by atoms with van der Waals surface area (Å²) in [5, 5.41) is 7.18. The second kappa shape index (κ2) is 5.07. The van der Waals surface area contributed by atoms with Gasteiger partial charge in [-0.3, -0.25) is 0 Å². The van der Waals surface area contributed by atoms with Gasteiger partial charge in [0.25, 0.3) is 0 Å². The molecular weight excluding hydrogens is 236 g/mol. The lowest BCUT2D eigenvalue weighted by Crippen LogP contribution is -2.30. The molecule has 4 heteroatoms. The maximum Gasteiger partial charge on any atom is 0.111 e. The Bertz CT molecular complexity index is 339. The number of nitrogens with one attached hydrogen (secondary N) is 1. The van der Waals surface area contributed by atoms with Crippen LogP contribution in [0.4, 0.5) is 0 Å². The van der Waals surface area contributed by atoms with E-state index in [0.29, 0.717) is 6.04 Å². The van der Waals surface area contributed by atoms with Gasteiger partial charge in [0.05, 0.1) is 11.7 Å². The highest BCUT2D eigenvalue weighted by Gasteiger charge is 2.23. The summed E-state index contributed by atoms with van der Waals surface area (Å²) < 4.78 is 0. The fourth-order valence-electron chi connectivity index (χ4n) is 2.59. The van der Waals surface area contributed by atoms with Crippen molar-refractivity contribution in [1.82, 2.24) is 10.3 Å². The summed E-state index contributed by atoms with van der Waals surface area (Å²) >= 11 is 3.90. The Balaban J connectivity index is 1.71. The molecule has 16 heavy (non-hydrogen) atoms. The largest absolute Gasteiger partial charge is 0.306 e. The SMILES string of the molecule is c1sc(C2CSCCN2)nc1C1CCCC1. The number of nitrogens with zero attached hydrogens (tertiary/aromatic N) is 1. The Morgan fingerprint density at radius 2 is 2.19 bits per heavy atom. The normalized spacial score (nSPS) is 27.4. The molecule has 1 N–H and O–H groups in total. The first-order chi connectivity index (χ1) is 7.93. The minimum Gasteiger partial charge on any atom is -0.306 e. The van der Waals surface area contributed by atoms with Crippen molar-refractivity contribution in [2.75, 3.05) is 18.1 Å². The lowest BCUT2D eigenvalue weighted by Gasteiger charge is -2.20. The summed E-state index contributed by atoms with van der Waals surface area (Å²) in [5.41, 5.74) is 1.37. The van der Waals surface area contributed by atoms with Crippen LogP contribution >= 0.6 is 23.1 Å². The average molecular weight is 254 g/mol. The molecule has 2 nitrogen and oxygen atoms in total. The second-order valence-corrected chi connectivity index (χ2v) is 6.71. The van der Waals surface area contributed by atoms with Crippen LogP contribution in [0.2, 0.25) is 0 Å². The summed E-state index contributed by atoms with van der Waals surface area (Å²) in [6.07, 6.45) is 5.51. The minimum atomic E-state index is 0.513. The predicted octanol–water partition coefficient (Wildman–Crippen LogP) is 3.18. The molecule has 1 aliphatic heterocycles. The quantitative estimate of drug-likeness (QED) is 0.877. The summed E-state index contributed by atoms with van der Waals surface area (Å²) in [6.45, 7) is 1.13. The predicted molar refractivity (Wildman–Crippen MR) is 71.4 cm³/mol. The maximum absolute atomic E-state index is 4.86. The number of thiazole rings is 1. The molecular formula is C12H18N2S2. The van der Waals surface area contributed by atoms with Crippen LogP contribution in [0.15, 0.2) is 5.38 Å². The first kappa shape index (κ1) is 11.1. The number of aromatic nitrogens is 1. The third kappa shape index (κ3) is 2.29. The third-order valence-corrected chi connectivity index (χ3v) is 5.57. The van der Waals surface area contributed by atoms with Gasteiger partial charge in [0.1, 0.15) is 5.01 Å². The number of thioether (sulfide) groups is 1. The molecule has 1 saturated carbocycles. The molecule has 0 spiro atoms. The molecule has 2 heterocycles. The van der Waals surface area contributed by atoms with Crippen molar-refractivity contribution in [1.29, 1.82) is 0 Å². The smallest absolute Gasteiger partial charge is 0.111 e. The standard InChI is InChI=1S/C12H18N2S2/c1-2-4-9(3-1)10-8-16-12(14-10)11-7-15-6-5-13-11/h8-9,11,13H,1-7H2. The first-order valence-corrected chi connectivity index (χ1v) is 8.23. The molecule has 1 aliphatic carbocycles. The van der Waals surface area contributed by atoms with Crippen LogP contribution in [0, 0.1) is 0 Å². The van der Waals surface area contributed by atoms with Crippen LogP contribution in [0.3, 0.4) is 0 Å². The van der Waals surface area contributed by atoms with E-state index >= 15 is 0 Å². The fraction of sp³-hybridized carbons (Fsp3) is 0.750. The van der Waals surface area contributed by atoms with E-state index < -0.39 is 0 Å². The van der Waals surface area contributed by atoms with Gasteiger partial charge in [0, 0.05) is 29.3 Å². The molecule has 0 amide bonds. The molecule has 1 saturated heterocycles. The molecule has 1 unspecified atom stereocenters. The lowest BCUT2D eigenvalue weighted by molar-refractivity contribution is 0.586. The van der Waals surface area contributed by atoms with Gasteiger partial charge in [-0.15, -0.1) is 11.3 Å². The summed E-state index contributed by atoms with van der Waals surface area (Å²) in [4.78, 5) is 4.86. The van der Waals surface area contributed by atoms with E-state index in [9.17, 15) is 0 Å². The molecule has 1 aromatic rings. The van der Waals surface area contributed by atoms with E-state index in [1.165, 1.54) is 47.9 Å². The molecule has 1 atom stereocenters. The van der Waals surface area contributed by atoms with E-state index in [0.717, 1.165) is 12.5 Å². The van der Waals surface area contributed by atoms with Gasteiger partial charge in [0.2, 0.25) is 0 Å². The van der Waals surface area contributed by atoms with E-state index in [1.807, 2.05) is 23.1 Å². The fourth-order valence-corrected chi connectivity index (χ4v) is 4.62. The Morgan fingerprint density at radius 3 is 2.94 bits per heavy atom. The summed E-state index contributed by atoms with van der Waals surface area (Å²) in [5.74, 6) is 3.20. The number of hydrogen-bond acceptors (Lipinski definition) is 4. The molecule has 0 radical (unpaired) electrons. The van der Waals surface area contributed by atoms with E-state index in [2.05, 4.69) is 10.7 Å². The van der Waals surface area contributed by atoms with Crippen molar-refractivity contribution in [3.05, 3.63) is 16.1 Å². The van der Waals surface area contributed by atoms with Gasteiger partial charge in [-0.1, -0.05) is 12.8 Å². The van der Waals surface area contributed by atoms with Gasteiger partial charge in [-0.05, 0) is 12.8 Å². The summed E-state index contributed by atoms with van der Waals surface area (Å²) in [6, 6.07) is 0.513. The highest BCUT2D eigenvalue weighted by Crippen LogP contribution is 2.35. The van der Waals surface area contributed by atoms with Gasteiger partial charge >= 0.3 is 0 Å². The van der Waals surface area contributed by atoms with Crippen LogP contribution in [0.1, 0.15) is 48.3 Å². The monoisotopic (exact) mass is 254 g/mol. The Hall–Kier alpha value is -0.0600. The van der Waals surface area contributed by atoms with Crippen molar-refractivity contribution < 1.29 is 0 Å². The van der Waals surface area contributed by atoms with Crippen molar-refractivity contribution in [3.8, 4) is 0 Å². The Labute approximate surface area is 105 Å². The maximum atomic E-state index is 4.86. The highest BCUT2D eigenvalue weighted by molar-refractivity contribution is 7.99. The average Bonchev–Trinajstić information content (AvgIpc) is 3.01. The van der Waals surface area contributed by atoms with E-state index in [-0.39, 0.29) is 0 Å². The van der Waals surface area contributed by atoms with Gasteiger partial charge in [-0.25, -0.2) is 4.98 Å². The molecule has 0 bridgehead atoms. The van der Waals surface area contributed by atoms with E-state index in [1.54, 1.807) is 0 Å². The van der Waals surface area contributed by atoms with Crippen molar-refractivity contribution >= 4 is 23.1 Å². The lowest BCUT2D eigenvalue weighted by atomic mass is 10.1. The summed E-state index contributed by atoms with van der Waals surface area (Å²) in [7, 11) is 0. The van der Waals surface area contributed by atoms with Crippen LogP contribution < -0.4 is 5.32 Å². The number of hydrogen-bond donors (Lipinski definition) is 1. The molecule has 0 aromatic carbocycles.